The number of ketones is 1. The number of nitrogens with zero attached hydrogens (tertiary/aromatic N) is 1. The van der Waals surface area contributed by atoms with Gasteiger partial charge in [-0.2, -0.15) is 0 Å². The number of carbonyl (C=O) groups is 2. The standard InChI is InChI=1S/C12H10N2O2S/c1-8(15)9-3-2-4-10(7-9)14-11(16)12-13-5-6-17-12/h2-7H,1H3,(H,14,16). The number of benzene rings is 1. The number of thiazole rings is 1. The Morgan fingerprint density at radius 3 is 2.82 bits per heavy atom. The lowest BCUT2D eigenvalue weighted by molar-refractivity contribution is 0.101. The largest absolute Gasteiger partial charge is 0.320 e. The SMILES string of the molecule is CC(=O)c1cccc(NC(=O)c2nccs2)c1. The predicted octanol–water partition coefficient (Wildman–Crippen LogP) is 2.60. The summed E-state index contributed by atoms with van der Waals surface area (Å²) in [7, 11) is 0. The molecule has 1 aromatic carbocycles. The summed E-state index contributed by atoms with van der Waals surface area (Å²) in [6.07, 6.45) is 1.57. The molecule has 5 heteroatoms. The summed E-state index contributed by atoms with van der Waals surface area (Å²) in [5.74, 6) is -0.295. The topological polar surface area (TPSA) is 59.1 Å². The number of nitrogens with one attached hydrogen (secondary N) is 1. The average Bonchev–Trinajstić information content (AvgIpc) is 2.82. The van der Waals surface area contributed by atoms with Gasteiger partial charge in [-0.15, -0.1) is 11.3 Å². The second-order valence-corrected chi connectivity index (χ2v) is 4.32. The Morgan fingerprint density at radius 2 is 2.18 bits per heavy atom. The molecule has 0 aliphatic heterocycles. The maximum absolute atomic E-state index is 11.7. The maximum atomic E-state index is 11.7. The molecule has 1 amide bonds. The van der Waals surface area contributed by atoms with E-state index in [0.717, 1.165) is 0 Å². The number of amides is 1. The molecule has 2 aromatic rings. The van der Waals surface area contributed by atoms with E-state index >= 15 is 0 Å². The molecule has 0 atom stereocenters. The van der Waals surface area contributed by atoms with Crippen molar-refractivity contribution in [3.05, 3.63) is 46.4 Å². The zero-order chi connectivity index (χ0) is 12.3. The van der Waals surface area contributed by atoms with Gasteiger partial charge in [0.2, 0.25) is 0 Å². The third-order valence-corrected chi connectivity index (χ3v) is 2.93. The fraction of sp³-hybridized carbons (Fsp3) is 0.0833. The number of hydrogen-bond acceptors (Lipinski definition) is 4. The van der Waals surface area contributed by atoms with Gasteiger partial charge in [-0.1, -0.05) is 12.1 Å². The van der Waals surface area contributed by atoms with E-state index in [2.05, 4.69) is 10.3 Å². The van der Waals surface area contributed by atoms with Gasteiger partial charge >= 0.3 is 0 Å². The second-order valence-electron chi connectivity index (χ2n) is 3.43. The van der Waals surface area contributed by atoms with Gasteiger partial charge in [-0.25, -0.2) is 4.98 Å². The first-order valence-electron chi connectivity index (χ1n) is 4.98. The van der Waals surface area contributed by atoms with Crippen molar-refractivity contribution in [3.8, 4) is 0 Å². The van der Waals surface area contributed by atoms with Gasteiger partial charge in [0.15, 0.2) is 10.8 Å². The lowest BCUT2D eigenvalue weighted by atomic mass is 10.1. The van der Waals surface area contributed by atoms with E-state index in [4.69, 9.17) is 0 Å². The van der Waals surface area contributed by atoms with Crippen molar-refractivity contribution in [2.24, 2.45) is 0 Å². The molecule has 0 unspecified atom stereocenters. The van der Waals surface area contributed by atoms with Crippen LogP contribution in [0.25, 0.3) is 0 Å². The summed E-state index contributed by atoms with van der Waals surface area (Å²) in [6, 6.07) is 6.82. The zero-order valence-corrected chi connectivity index (χ0v) is 9.95. The van der Waals surface area contributed by atoms with E-state index < -0.39 is 0 Å². The Hall–Kier alpha value is -2.01. The van der Waals surface area contributed by atoms with Crippen LogP contribution >= 0.6 is 11.3 Å². The van der Waals surface area contributed by atoms with Crippen LogP contribution in [0.2, 0.25) is 0 Å². The molecular formula is C12H10N2O2S. The molecule has 0 aliphatic rings. The monoisotopic (exact) mass is 246 g/mol. The molecule has 86 valence electrons. The molecule has 0 aliphatic carbocycles. The highest BCUT2D eigenvalue weighted by Gasteiger charge is 2.09. The van der Waals surface area contributed by atoms with E-state index in [1.54, 1.807) is 35.8 Å². The number of carbonyl (C=O) groups excluding carboxylic acids is 2. The molecule has 1 aromatic heterocycles. The van der Waals surface area contributed by atoms with Gasteiger partial charge in [-0.05, 0) is 19.1 Å². The Balaban J connectivity index is 2.16. The van der Waals surface area contributed by atoms with E-state index in [-0.39, 0.29) is 11.7 Å². The zero-order valence-electron chi connectivity index (χ0n) is 9.14. The minimum atomic E-state index is -0.263. The summed E-state index contributed by atoms with van der Waals surface area (Å²) >= 11 is 1.27. The van der Waals surface area contributed by atoms with Crippen LogP contribution < -0.4 is 5.32 Å². The number of anilines is 1. The van der Waals surface area contributed by atoms with Gasteiger partial charge < -0.3 is 5.32 Å². The van der Waals surface area contributed by atoms with Gasteiger partial charge in [0.05, 0.1) is 0 Å². The summed E-state index contributed by atoms with van der Waals surface area (Å²) in [5, 5.41) is 4.83. The number of Topliss-reactive ketones (excluding diaryl/α,β-unsaturated/α-hetero) is 1. The quantitative estimate of drug-likeness (QED) is 0.847. The molecule has 1 N–H and O–H groups in total. The number of aromatic nitrogens is 1. The molecule has 1 heterocycles. The van der Waals surface area contributed by atoms with Crippen LogP contribution in [0.4, 0.5) is 5.69 Å². The second kappa shape index (κ2) is 4.88. The van der Waals surface area contributed by atoms with E-state index in [0.29, 0.717) is 16.3 Å². The van der Waals surface area contributed by atoms with Crippen LogP contribution in [0, 0.1) is 0 Å². The first-order chi connectivity index (χ1) is 8.16. The number of rotatable bonds is 3. The molecule has 0 fully saturated rings. The van der Waals surface area contributed by atoms with Gasteiger partial charge in [0.25, 0.3) is 5.91 Å². The first kappa shape index (κ1) is 11.5. The van der Waals surface area contributed by atoms with Crippen LogP contribution in [0.15, 0.2) is 35.8 Å². The fourth-order valence-electron chi connectivity index (χ4n) is 1.34. The Bertz CT molecular complexity index is 549. The molecule has 17 heavy (non-hydrogen) atoms. The van der Waals surface area contributed by atoms with Crippen LogP contribution in [0.1, 0.15) is 27.1 Å². The van der Waals surface area contributed by atoms with Gasteiger partial charge in [-0.3, -0.25) is 9.59 Å². The normalized spacial score (nSPS) is 9.94. The predicted molar refractivity (Wildman–Crippen MR) is 66.5 cm³/mol. The van der Waals surface area contributed by atoms with Crippen molar-refractivity contribution in [3.63, 3.8) is 0 Å². The van der Waals surface area contributed by atoms with Crippen molar-refractivity contribution in [2.45, 2.75) is 6.92 Å². The summed E-state index contributed by atoms with van der Waals surface area (Å²) in [5.41, 5.74) is 1.17. The minimum Gasteiger partial charge on any atom is -0.320 e. The minimum absolute atomic E-state index is 0.0321. The highest BCUT2D eigenvalue weighted by atomic mass is 32.1. The molecule has 0 spiro atoms. The van der Waals surface area contributed by atoms with Gasteiger partial charge in [0.1, 0.15) is 0 Å². The molecule has 0 saturated heterocycles. The highest BCUT2D eigenvalue weighted by molar-refractivity contribution is 7.11. The number of hydrogen-bond donors (Lipinski definition) is 1. The third kappa shape index (κ3) is 2.76. The maximum Gasteiger partial charge on any atom is 0.284 e. The Kier molecular flexibility index (Phi) is 3.30. The van der Waals surface area contributed by atoms with Crippen molar-refractivity contribution in [2.75, 3.05) is 5.32 Å². The molecular weight excluding hydrogens is 236 g/mol. The first-order valence-corrected chi connectivity index (χ1v) is 5.86. The lowest BCUT2D eigenvalue weighted by Gasteiger charge is -2.04. The summed E-state index contributed by atoms with van der Waals surface area (Å²) in [6.45, 7) is 1.49. The van der Waals surface area contributed by atoms with Crippen LogP contribution in [-0.4, -0.2) is 16.7 Å². The third-order valence-electron chi connectivity index (χ3n) is 2.15. The summed E-state index contributed by atoms with van der Waals surface area (Å²) in [4.78, 5) is 26.8. The van der Waals surface area contributed by atoms with Crippen LogP contribution in [0.5, 0.6) is 0 Å². The molecule has 0 bridgehead atoms. The van der Waals surface area contributed by atoms with E-state index in [1.165, 1.54) is 18.3 Å². The smallest absolute Gasteiger partial charge is 0.284 e. The molecule has 0 radical (unpaired) electrons. The van der Waals surface area contributed by atoms with Crippen molar-refractivity contribution in [1.29, 1.82) is 0 Å². The lowest BCUT2D eigenvalue weighted by Crippen LogP contribution is -2.11. The van der Waals surface area contributed by atoms with Crippen molar-refractivity contribution in [1.82, 2.24) is 4.98 Å². The van der Waals surface area contributed by atoms with Crippen LogP contribution in [-0.2, 0) is 0 Å². The fourth-order valence-corrected chi connectivity index (χ4v) is 1.87. The average molecular weight is 246 g/mol. The summed E-state index contributed by atoms with van der Waals surface area (Å²) < 4.78 is 0. The van der Waals surface area contributed by atoms with E-state index in [9.17, 15) is 9.59 Å². The molecule has 0 saturated carbocycles. The highest BCUT2D eigenvalue weighted by Crippen LogP contribution is 2.13. The van der Waals surface area contributed by atoms with Crippen molar-refractivity contribution >= 4 is 28.7 Å². The van der Waals surface area contributed by atoms with Crippen molar-refractivity contribution < 1.29 is 9.59 Å². The van der Waals surface area contributed by atoms with Crippen LogP contribution in [0.3, 0.4) is 0 Å². The molecule has 4 nitrogen and oxygen atoms in total. The Labute approximate surface area is 102 Å². The van der Waals surface area contributed by atoms with E-state index in [1.807, 2.05) is 0 Å². The Morgan fingerprint density at radius 1 is 1.35 bits per heavy atom. The molecule has 2 rings (SSSR count). The van der Waals surface area contributed by atoms with Gasteiger partial charge in [0, 0.05) is 22.8 Å².